The summed E-state index contributed by atoms with van der Waals surface area (Å²) in [4.78, 5) is 23.1. The first kappa shape index (κ1) is 16.7. The van der Waals surface area contributed by atoms with Crippen molar-refractivity contribution in [3.63, 3.8) is 0 Å². The number of nitrogens with zero attached hydrogens (tertiary/aromatic N) is 2. The molecular formula is C12H14F3N3O3. The zero-order valence-corrected chi connectivity index (χ0v) is 11.4. The molecule has 0 spiro atoms. The molecule has 0 bridgehead atoms. The molecule has 0 unspecified atom stereocenters. The van der Waals surface area contributed by atoms with Gasteiger partial charge in [0.15, 0.2) is 0 Å². The van der Waals surface area contributed by atoms with E-state index in [2.05, 4.69) is 5.32 Å². The molecule has 0 atom stereocenters. The smallest absolute Gasteiger partial charge is 0.388 e. The van der Waals surface area contributed by atoms with Gasteiger partial charge in [-0.15, -0.1) is 0 Å². The maximum atomic E-state index is 12.2. The largest absolute Gasteiger partial charge is 0.390 e. The van der Waals surface area contributed by atoms with E-state index >= 15 is 0 Å². The van der Waals surface area contributed by atoms with Crippen molar-refractivity contribution in [3.05, 3.63) is 33.9 Å². The van der Waals surface area contributed by atoms with Crippen molar-refractivity contribution >= 4 is 17.3 Å². The molecule has 0 radical (unpaired) electrons. The summed E-state index contributed by atoms with van der Waals surface area (Å²) in [5.41, 5.74) is -0.248. The molecule has 1 amide bonds. The fourth-order valence-electron chi connectivity index (χ4n) is 1.62. The topological polar surface area (TPSA) is 75.5 Å². The van der Waals surface area contributed by atoms with E-state index in [1.165, 1.54) is 19.2 Å². The summed E-state index contributed by atoms with van der Waals surface area (Å²) in [7, 11) is 2.73. The molecule has 21 heavy (non-hydrogen) atoms. The van der Waals surface area contributed by atoms with Gasteiger partial charge >= 0.3 is 6.18 Å². The lowest BCUT2D eigenvalue weighted by atomic mass is 10.1. The zero-order valence-electron chi connectivity index (χ0n) is 11.4. The normalized spacial score (nSPS) is 11.1. The predicted octanol–water partition coefficient (Wildman–Crippen LogP) is 2.66. The molecule has 1 rings (SSSR count). The van der Waals surface area contributed by atoms with Crippen LogP contribution in [0.4, 0.5) is 24.5 Å². The Morgan fingerprint density at radius 1 is 1.43 bits per heavy atom. The Morgan fingerprint density at radius 3 is 2.52 bits per heavy atom. The molecular weight excluding hydrogens is 291 g/mol. The molecule has 0 aliphatic rings. The Morgan fingerprint density at radius 2 is 2.05 bits per heavy atom. The van der Waals surface area contributed by atoms with Crippen molar-refractivity contribution in [3.8, 4) is 0 Å². The van der Waals surface area contributed by atoms with E-state index in [1.807, 2.05) is 0 Å². The van der Waals surface area contributed by atoms with E-state index in [0.29, 0.717) is 5.69 Å². The third-order valence-electron chi connectivity index (χ3n) is 2.79. The lowest BCUT2D eigenvalue weighted by molar-refractivity contribution is -0.385. The van der Waals surface area contributed by atoms with E-state index in [1.54, 1.807) is 7.05 Å². The molecule has 9 heteroatoms. The maximum absolute atomic E-state index is 12.2. The van der Waals surface area contributed by atoms with Crippen LogP contribution in [0.25, 0.3) is 0 Å². The molecule has 116 valence electrons. The number of anilines is 1. The fourth-order valence-corrected chi connectivity index (χ4v) is 1.62. The van der Waals surface area contributed by atoms with Crippen LogP contribution >= 0.6 is 0 Å². The molecule has 1 aromatic carbocycles. The van der Waals surface area contributed by atoms with E-state index < -0.39 is 35.7 Å². The Kier molecular flexibility index (Phi) is 5.12. The summed E-state index contributed by atoms with van der Waals surface area (Å²) >= 11 is 0. The molecule has 0 saturated heterocycles. The Hall–Kier alpha value is -2.32. The molecule has 0 heterocycles. The average molecular weight is 305 g/mol. The van der Waals surface area contributed by atoms with E-state index in [9.17, 15) is 28.1 Å². The van der Waals surface area contributed by atoms with Crippen molar-refractivity contribution < 1.29 is 22.9 Å². The van der Waals surface area contributed by atoms with Gasteiger partial charge in [0, 0.05) is 32.4 Å². The highest BCUT2D eigenvalue weighted by Gasteiger charge is 2.29. The van der Waals surface area contributed by atoms with Gasteiger partial charge in [-0.2, -0.15) is 13.2 Å². The van der Waals surface area contributed by atoms with Crippen LogP contribution in [-0.4, -0.2) is 42.5 Å². The molecule has 0 fully saturated rings. The number of rotatable bonds is 5. The summed E-state index contributed by atoms with van der Waals surface area (Å²) in [5.74, 6) is -0.831. The van der Waals surface area contributed by atoms with Crippen LogP contribution in [0.5, 0.6) is 0 Å². The number of hydrogen-bond acceptors (Lipinski definition) is 4. The number of carbonyl (C=O) groups is 1. The van der Waals surface area contributed by atoms with Gasteiger partial charge in [0.2, 0.25) is 0 Å². The summed E-state index contributed by atoms with van der Waals surface area (Å²) in [6, 6.07) is 3.78. The number of alkyl halides is 3. The standard InChI is InChI=1S/C12H14F3N3O3/c1-16-8-3-4-10(18(20)21)9(7-8)11(19)17(2)6-5-12(13,14)15/h3-4,7,16H,5-6H2,1-2H3. The van der Waals surface area contributed by atoms with Crippen LogP contribution in [0.15, 0.2) is 18.2 Å². The first-order valence-corrected chi connectivity index (χ1v) is 5.94. The highest BCUT2D eigenvalue weighted by atomic mass is 19.4. The van der Waals surface area contributed by atoms with Crippen molar-refractivity contribution in [2.24, 2.45) is 0 Å². The van der Waals surface area contributed by atoms with Gasteiger partial charge in [-0.1, -0.05) is 0 Å². The molecule has 0 saturated carbocycles. The zero-order chi connectivity index (χ0) is 16.2. The van der Waals surface area contributed by atoms with Crippen LogP contribution in [0.3, 0.4) is 0 Å². The summed E-state index contributed by atoms with van der Waals surface area (Å²) in [6.45, 7) is -0.566. The molecule has 6 nitrogen and oxygen atoms in total. The van der Waals surface area contributed by atoms with Crippen molar-refractivity contribution in [1.29, 1.82) is 0 Å². The quantitative estimate of drug-likeness (QED) is 0.670. The number of hydrogen-bond donors (Lipinski definition) is 1. The third-order valence-corrected chi connectivity index (χ3v) is 2.79. The second-order valence-electron chi connectivity index (χ2n) is 4.33. The number of carbonyl (C=O) groups excluding carboxylic acids is 1. The first-order chi connectivity index (χ1) is 9.65. The Labute approximate surface area is 118 Å². The Balaban J connectivity index is 3.02. The predicted molar refractivity (Wildman–Crippen MR) is 70.3 cm³/mol. The second kappa shape index (κ2) is 6.42. The average Bonchev–Trinajstić information content (AvgIpc) is 2.42. The van der Waals surface area contributed by atoms with Gasteiger partial charge < -0.3 is 10.2 Å². The second-order valence-corrected chi connectivity index (χ2v) is 4.33. The number of halogens is 3. The highest BCUT2D eigenvalue weighted by Crippen LogP contribution is 2.25. The molecule has 1 aromatic rings. The highest BCUT2D eigenvalue weighted by molar-refractivity contribution is 5.99. The third kappa shape index (κ3) is 4.62. The fraction of sp³-hybridized carbons (Fsp3) is 0.417. The summed E-state index contributed by atoms with van der Waals surface area (Å²) in [5, 5.41) is 13.6. The number of nitrogens with one attached hydrogen (secondary N) is 1. The molecule has 0 aromatic heterocycles. The first-order valence-electron chi connectivity index (χ1n) is 5.94. The van der Waals surface area contributed by atoms with Crippen LogP contribution in [-0.2, 0) is 0 Å². The summed E-state index contributed by atoms with van der Waals surface area (Å²) < 4.78 is 36.5. The summed E-state index contributed by atoms with van der Waals surface area (Å²) in [6.07, 6.45) is -5.57. The van der Waals surface area contributed by atoms with Gasteiger partial charge in [0.05, 0.1) is 11.3 Å². The van der Waals surface area contributed by atoms with Crippen molar-refractivity contribution in [1.82, 2.24) is 4.90 Å². The SMILES string of the molecule is CNc1ccc([N+](=O)[O-])c(C(=O)N(C)CCC(F)(F)F)c1. The number of nitro benzene ring substituents is 1. The van der Waals surface area contributed by atoms with Crippen LogP contribution in [0.2, 0.25) is 0 Å². The van der Waals surface area contributed by atoms with E-state index in [0.717, 1.165) is 11.0 Å². The van der Waals surface area contributed by atoms with Gasteiger partial charge in [-0.25, -0.2) is 0 Å². The van der Waals surface area contributed by atoms with Gasteiger partial charge in [0.1, 0.15) is 5.56 Å². The van der Waals surface area contributed by atoms with Crippen LogP contribution in [0.1, 0.15) is 16.8 Å². The number of benzene rings is 1. The minimum Gasteiger partial charge on any atom is -0.388 e. The monoisotopic (exact) mass is 305 g/mol. The lowest BCUT2D eigenvalue weighted by Crippen LogP contribution is -2.31. The Bertz CT molecular complexity index is 546. The van der Waals surface area contributed by atoms with Crippen LogP contribution < -0.4 is 5.32 Å². The van der Waals surface area contributed by atoms with Crippen molar-refractivity contribution in [2.45, 2.75) is 12.6 Å². The van der Waals surface area contributed by atoms with Crippen LogP contribution in [0, 0.1) is 10.1 Å². The van der Waals surface area contributed by atoms with Crippen molar-refractivity contribution in [2.75, 3.05) is 26.0 Å². The lowest BCUT2D eigenvalue weighted by Gasteiger charge is -2.18. The van der Waals surface area contributed by atoms with Gasteiger partial charge in [-0.05, 0) is 12.1 Å². The minimum atomic E-state index is -4.40. The maximum Gasteiger partial charge on any atom is 0.390 e. The molecule has 1 N–H and O–H groups in total. The van der Waals surface area contributed by atoms with E-state index in [-0.39, 0.29) is 5.56 Å². The molecule has 0 aliphatic carbocycles. The minimum absolute atomic E-state index is 0.253. The van der Waals surface area contributed by atoms with Gasteiger partial charge in [-0.3, -0.25) is 14.9 Å². The molecule has 0 aliphatic heterocycles. The number of amides is 1. The van der Waals surface area contributed by atoms with Gasteiger partial charge in [0.25, 0.3) is 11.6 Å². The number of nitro groups is 1. The van der Waals surface area contributed by atoms with E-state index in [4.69, 9.17) is 0 Å².